The minimum Gasteiger partial charge on any atom is -0.477 e. The van der Waals surface area contributed by atoms with E-state index in [1.54, 1.807) is 10.9 Å². The summed E-state index contributed by atoms with van der Waals surface area (Å²) >= 11 is 3.44. The second-order valence-corrected chi connectivity index (χ2v) is 5.56. The first-order valence-electron chi connectivity index (χ1n) is 6.41. The molecule has 1 aliphatic heterocycles. The summed E-state index contributed by atoms with van der Waals surface area (Å²) in [5.74, 6) is 0.359. The zero-order chi connectivity index (χ0) is 14.1. The largest absolute Gasteiger partial charge is 0.477 e. The van der Waals surface area contributed by atoms with Crippen molar-refractivity contribution in [1.29, 1.82) is 0 Å². The molecule has 1 aromatic heterocycles. The molecular weight excluding hydrogens is 322 g/mol. The molecular formula is C14H14BrN3O2. The number of aryl methyl sites for hydroxylation is 2. The number of anilines is 1. The van der Waals surface area contributed by atoms with Gasteiger partial charge in [0, 0.05) is 23.1 Å². The Balaban J connectivity index is 1.82. The molecule has 1 aromatic carbocycles. The van der Waals surface area contributed by atoms with Gasteiger partial charge in [0.25, 0.3) is 5.91 Å². The topological polar surface area (TPSA) is 56.2 Å². The maximum atomic E-state index is 12.3. The van der Waals surface area contributed by atoms with Crippen molar-refractivity contribution in [3.63, 3.8) is 0 Å². The van der Waals surface area contributed by atoms with Crippen LogP contribution in [0.2, 0.25) is 0 Å². The first-order valence-corrected chi connectivity index (χ1v) is 7.20. The molecule has 1 aliphatic rings. The third-order valence-corrected chi connectivity index (χ3v) is 4.09. The van der Waals surface area contributed by atoms with Gasteiger partial charge in [0.1, 0.15) is 5.56 Å². The van der Waals surface area contributed by atoms with Crippen molar-refractivity contribution in [2.45, 2.75) is 19.9 Å². The second kappa shape index (κ2) is 5.28. The SMILES string of the molecule is Cc1cc(NC(=O)c2cnn3c2OCCC3)ccc1Br. The van der Waals surface area contributed by atoms with Gasteiger partial charge in [-0.1, -0.05) is 15.9 Å². The molecule has 0 unspecified atom stereocenters. The van der Waals surface area contributed by atoms with E-state index < -0.39 is 0 Å². The fourth-order valence-corrected chi connectivity index (χ4v) is 2.39. The lowest BCUT2D eigenvalue weighted by Crippen LogP contribution is -2.18. The summed E-state index contributed by atoms with van der Waals surface area (Å²) in [5, 5.41) is 7.04. The number of ether oxygens (including phenoxy) is 1. The first kappa shape index (κ1) is 13.2. The summed E-state index contributed by atoms with van der Waals surface area (Å²) in [5.41, 5.74) is 2.30. The molecule has 0 saturated carbocycles. The van der Waals surface area contributed by atoms with E-state index in [4.69, 9.17) is 4.74 Å². The molecule has 6 heteroatoms. The summed E-state index contributed by atoms with van der Waals surface area (Å²) in [4.78, 5) is 12.3. The van der Waals surface area contributed by atoms with Crippen molar-refractivity contribution in [1.82, 2.24) is 9.78 Å². The highest BCUT2D eigenvalue weighted by atomic mass is 79.9. The molecule has 3 rings (SSSR count). The van der Waals surface area contributed by atoms with Gasteiger partial charge in [-0.05, 0) is 30.7 Å². The Morgan fingerprint density at radius 2 is 2.35 bits per heavy atom. The monoisotopic (exact) mass is 335 g/mol. The number of halogens is 1. The Labute approximate surface area is 125 Å². The Morgan fingerprint density at radius 1 is 1.50 bits per heavy atom. The number of aromatic nitrogens is 2. The minimum atomic E-state index is -0.199. The summed E-state index contributed by atoms with van der Waals surface area (Å²) in [6, 6.07) is 5.68. The number of hydrogen-bond acceptors (Lipinski definition) is 3. The molecule has 1 N–H and O–H groups in total. The number of amides is 1. The van der Waals surface area contributed by atoms with Gasteiger partial charge in [-0.3, -0.25) is 4.79 Å². The Kier molecular flexibility index (Phi) is 3.48. The lowest BCUT2D eigenvalue weighted by atomic mass is 10.2. The van der Waals surface area contributed by atoms with Gasteiger partial charge in [0.05, 0.1) is 12.8 Å². The van der Waals surface area contributed by atoms with Gasteiger partial charge in [0.15, 0.2) is 0 Å². The van der Waals surface area contributed by atoms with Gasteiger partial charge in [0.2, 0.25) is 5.88 Å². The number of nitrogens with one attached hydrogen (secondary N) is 1. The van der Waals surface area contributed by atoms with Crippen LogP contribution in [0.5, 0.6) is 5.88 Å². The van der Waals surface area contributed by atoms with Gasteiger partial charge in [-0.15, -0.1) is 0 Å². The number of carbonyl (C=O) groups excluding carboxylic acids is 1. The van der Waals surface area contributed by atoms with Crippen LogP contribution in [0.1, 0.15) is 22.3 Å². The fraction of sp³-hybridized carbons (Fsp3) is 0.286. The fourth-order valence-electron chi connectivity index (χ4n) is 2.15. The molecule has 1 amide bonds. The molecule has 0 fully saturated rings. The normalized spacial score (nSPS) is 13.5. The van der Waals surface area contributed by atoms with Crippen LogP contribution < -0.4 is 10.1 Å². The quantitative estimate of drug-likeness (QED) is 0.917. The van der Waals surface area contributed by atoms with Crippen LogP contribution >= 0.6 is 15.9 Å². The Hall–Kier alpha value is -1.82. The van der Waals surface area contributed by atoms with Crippen LogP contribution in [0.25, 0.3) is 0 Å². The molecule has 0 spiro atoms. The molecule has 5 nitrogen and oxygen atoms in total. The summed E-state index contributed by atoms with van der Waals surface area (Å²) in [7, 11) is 0. The van der Waals surface area contributed by atoms with Crippen LogP contribution in [0.4, 0.5) is 5.69 Å². The lowest BCUT2D eigenvalue weighted by Gasteiger charge is -2.16. The van der Waals surface area contributed by atoms with E-state index in [2.05, 4.69) is 26.3 Å². The number of benzene rings is 1. The molecule has 20 heavy (non-hydrogen) atoms. The average molecular weight is 336 g/mol. The highest BCUT2D eigenvalue weighted by molar-refractivity contribution is 9.10. The summed E-state index contributed by atoms with van der Waals surface area (Å²) in [6.45, 7) is 3.40. The van der Waals surface area contributed by atoms with Crippen LogP contribution in [-0.4, -0.2) is 22.3 Å². The standard InChI is InChI=1S/C14H14BrN3O2/c1-9-7-10(3-4-12(9)15)17-13(19)11-8-16-18-5-2-6-20-14(11)18/h3-4,7-8H,2,5-6H2,1H3,(H,17,19). The van der Waals surface area contributed by atoms with E-state index in [0.29, 0.717) is 18.1 Å². The first-order chi connectivity index (χ1) is 9.65. The molecule has 2 heterocycles. The van der Waals surface area contributed by atoms with Crippen LogP contribution in [0.15, 0.2) is 28.9 Å². The minimum absolute atomic E-state index is 0.199. The van der Waals surface area contributed by atoms with Crippen molar-refractivity contribution in [3.8, 4) is 5.88 Å². The maximum Gasteiger partial charge on any atom is 0.262 e. The zero-order valence-electron chi connectivity index (χ0n) is 11.0. The van der Waals surface area contributed by atoms with Gasteiger partial charge < -0.3 is 10.1 Å². The number of carbonyl (C=O) groups is 1. The van der Waals surface area contributed by atoms with E-state index in [1.165, 1.54) is 0 Å². The van der Waals surface area contributed by atoms with E-state index >= 15 is 0 Å². The average Bonchev–Trinajstić information content (AvgIpc) is 2.87. The molecule has 0 saturated heterocycles. The third-order valence-electron chi connectivity index (χ3n) is 3.20. The van der Waals surface area contributed by atoms with Crippen molar-refractivity contribution < 1.29 is 9.53 Å². The molecule has 0 aliphatic carbocycles. The number of fused-ring (bicyclic) bond motifs is 1. The second-order valence-electron chi connectivity index (χ2n) is 4.71. The number of nitrogens with zero attached hydrogens (tertiary/aromatic N) is 2. The number of hydrogen-bond donors (Lipinski definition) is 1. The van der Waals surface area contributed by atoms with Crippen molar-refractivity contribution >= 4 is 27.5 Å². The Bertz CT molecular complexity index is 666. The predicted octanol–water partition coefficient (Wildman–Crippen LogP) is 2.99. The lowest BCUT2D eigenvalue weighted by molar-refractivity contribution is 0.102. The molecule has 104 valence electrons. The highest BCUT2D eigenvalue weighted by Crippen LogP contribution is 2.24. The van der Waals surface area contributed by atoms with Crippen molar-refractivity contribution in [3.05, 3.63) is 40.0 Å². The maximum absolute atomic E-state index is 12.3. The van der Waals surface area contributed by atoms with Crippen LogP contribution in [0, 0.1) is 6.92 Å². The van der Waals surface area contributed by atoms with E-state index in [1.807, 2.05) is 25.1 Å². The van der Waals surface area contributed by atoms with Crippen molar-refractivity contribution in [2.24, 2.45) is 0 Å². The molecule has 2 aromatic rings. The predicted molar refractivity (Wildman–Crippen MR) is 79.2 cm³/mol. The summed E-state index contributed by atoms with van der Waals surface area (Å²) < 4.78 is 8.27. The van der Waals surface area contributed by atoms with Crippen molar-refractivity contribution in [2.75, 3.05) is 11.9 Å². The van der Waals surface area contributed by atoms with E-state index in [9.17, 15) is 4.79 Å². The molecule has 0 bridgehead atoms. The molecule has 0 atom stereocenters. The van der Waals surface area contributed by atoms with E-state index in [0.717, 1.165) is 28.7 Å². The zero-order valence-corrected chi connectivity index (χ0v) is 12.6. The van der Waals surface area contributed by atoms with Gasteiger partial charge in [-0.2, -0.15) is 5.10 Å². The highest BCUT2D eigenvalue weighted by Gasteiger charge is 2.21. The Morgan fingerprint density at radius 3 is 3.15 bits per heavy atom. The number of rotatable bonds is 2. The van der Waals surface area contributed by atoms with Gasteiger partial charge >= 0.3 is 0 Å². The third kappa shape index (κ3) is 2.43. The van der Waals surface area contributed by atoms with E-state index in [-0.39, 0.29) is 5.91 Å². The molecule has 0 radical (unpaired) electrons. The smallest absolute Gasteiger partial charge is 0.262 e. The van der Waals surface area contributed by atoms with Gasteiger partial charge in [-0.25, -0.2) is 4.68 Å². The van der Waals surface area contributed by atoms with Crippen LogP contribution in [0.3, 0.4) is 0 Å². The van der Waals surface area contributed by atoms with Crippen LogP contribution in [-0.2, 0) is 6.54 Å². The summed E-state index contributed by atoms with van der Waals surface area (Å²) in [6.07, 6.45) is 2.48.